The van der Waals surface area contributed by atoms with Crippen LogP contribution in [0.1, 0.15) is 16.1 Å². The van der Waals surface area contributed by atoms with Crippen LogP contribution in [0.5, 0.6) is 0 Å². The first-order valence-electron chi connectivity index (χ1n) is 10.2. The summed E-state index contributed by atoms with van der Waals surface area (Å²) in [6.07, 6.45) is 0.386. The molecule has 3 heterocycles. The molecule has 4 rings (SSSR count). The van der Waals surface area contributed by atoms with Crippen LogP contribution < -0.4 is 10.6 Å². The van der Waals surface area contributed by atoms with E-state index in [1.165, 1.54) is 34.5 Å². The summed E-state index contributed by atoms with van der Waals surface area (Å²) in [6.45, 7) is -0.313. The second kappa shape index (κ2) is 10.2. The number of benzene rings is 1. The Labute approximate surface area is 215 Å². The second-order valence-corrected chi connectivity index (χ2v) is 10.4. The SMILES string of the molecule is O=CNc1nc(C(=O)C(=O)NC2C(=O)N3CC(Cl)(C(=O)OCc4ccc([N+](=O)[O-])cc4)CS[C@H]23)cs1. The molecule has 2 fully saturated rings. The number of Topliss-reactive ketones (excluding diaryl/α,β-unsaturated/α-hetero) is 1. The van der Waals surface area contributed by atoms with Crippen LogP contribution in [-0.4, -0.2) is 73.4 Å². The highest BCUT2D eigenvalue weighted by atomic mass is 35.5. The van der Waals surface area contributed by atoms with E-state index in [0.717, 1.165) is 23.1 Å². The van der Waals surface area contributed by atoms with Gasteiger partial charge in [-0.25, -0.2) is 4.98 Å². The summed E-state index contributed by atoms with van der Waals surface area (Å²) < 4.78 is 5.27. The number of thiazole rings is 1. The Kier molecular flexibility index (Phi) is 7.23. The average molecular weight is 554 g/mol. The van der Waals surface area contributed by atoms with E-state index in [1.807, 2.05) is 0 Å². The minimum Gasteiger partial charge on any atom is -0.459 e. The summed E-state index contributed by atoms with van der Waals surface area (Å²) in [4.78, 5) is 74.2. The second-order valence-electron chi connectivity index (χ2n) is 7.71. The van der Waals surface area contributed by atoms with E-state index in [2.05, 4.69) is 15.6 Å². The van der Waals surface area contributed by atoms with Gasteiger partial charge in [-0.1, -0.05) is 0 Å². The zero-order chi connectivity index (χ0) is 26.0. The van der Waals surface area contributed by atoms with Gasteiger partial charge in [-0.15, -0.1) is 34.7 Å². The summed E-state index contributed by atoms with van der Waals surface area (Å²) in [5.74, 6) is -3.18. The molecule has 2 aromatic rings. The number of amides is 3. The Bertz CT molecular complexity index is 1250. The number of nitro groups is 1. The Morgan fingerprint density at radius 3 is 2.72 bits per heavy atom. The first-order valence-corrected chi connectivity index (χ1v) is 12.5. The quantitative estimate of drug-likeness (QED) is 0.0663. The molecule has 36 heavy (non-hydrogen) atoms. The number of β-lactam (4-membered cyclic amide) rings is 1. The molecule has 0 saturated carbocycles. The van der Waals surface area contributed by atoms with Crippen LogP contribution in [0.25, 0.3) is 0 Å². The third-order valence-electron chi connectivity index (χ3n) is 5.34. The lowest BCUT2D eigenvalue weighted by Gasteiger charge is -2.52. The van der Waals surface area contributed by atoms with Crippen molar-refractivity contribution in [1.29, 1.82) is 0 Å². The van der Waals surface area contributed by atoms with Crippen LogP contribution in [0.4, 0.5) is 10.8 Å². The van der Waals surface area contributed by atoms with E-state index < -0.39 is 44.8 Å². The van der Waals surface area contributed by atoms with Crippen LogP contribution in [0.2, 0.25) is 0 Å². The maximum atomic E-state index is 12.6. The lowest BCUT2D eigenvalue weighted by molar-refractivity contribution is -0.384. The number of ketones is 1. The van der Waals surface area contributed by atoms with Gasteiger partial charge >= 0.3 is 5.97 Å². The van der Waals surface area contributed by atoms with Crippen LogP contribution in [0, 0.1) is 10.1 Å². The fourth-order valence-electron chi connectivity index (χ4n) is 3.48. The molecule has 0 bridgehead atoms. The van der Waals surface area contributed by atoms with E-state index in [4.69, 9.17) is 16.3 Å². The number of alkyl halides is 1. The minimum absolute atomic E-state index is 0.0786. The fourth-order valence-corrected chi connectivity index (χ4v) is 5.88. The molecule has 0 radical (unpaired) electrons. The van der Waals surface area contributed by atoms with Crippen molar-refractivity contribution in [2.24, 2.45) is 0 Å². The molecule has 0 spiro atoms. The largest absolute Gasteiger partial charge is 0.459 e. The van der Waals surface area contributed by atoms with Gasteiger partial charge in [-0.05, 0) is 17.7 Å². The van der Waals surface area contributed by atoms with Gasteiger partial charge in [0.2, 0.25) is 12.3 Å². The molecule has 2 unspecified atom stereocenters. The highest BCUT2D eigenvalue weighted by Crippen LogP contribution is 2.41. The number of rotatable bonds is 9. The van der Waals surface area contributed by atoms with Crippen molar-refractivity contribution in [2.75, 3.05) is 17.6 Å². The number of ether oxygens (including phenoxy) is 1. The lowest BCUT2D eigenvalue weighted by atomic mass is 10.0. The molecule has 2 aliphatic heterocycles. The Morgan fingerprint density at radius 1 is 1.33 bits per heavy atom. The van der Waals surface area contributed by atoms with Crippen LogP contribution in [0.3, 0.4) is 0 Å². The number of thioether (sulfide) groups is 1. The van der Waals surface area contributed by atoms with Gasteiger partial charge in [0.25, 0.3) is 17.4 Å². The molecule has 3 amide bonds. The highest BCUT2D eigenvalue weighted by Gasteiger charge is 2.57. The van der Waals surface area contributed by atoms with Crippen LogP contribution >= 0.6 is 34.7 Å². The van der Waals surface area contributed by atoms with Crippen molar-refractivity contribution in [3.05, 3.63) is 51.0 Å². The molecule has 1 aromatic heterocycles. The Balaban J connectivity index is 1.30. The molecule has 1 aromatic carbocycles. The first-order chi connectivity index (χ1) is 17.1. The topological polar surface area (TPSA) is 178 Å². The van der Waals surface area contributed by atoms with Crippen molar-refractivity contribution in [2.45, 2.75) is 22.9 Å². The molecule has 2 aliphatic rings. The van der Waals surface area contributed by atoms with E-state index in [-0.39, 0.29) is 35.4 Å². The van der Waals surface area contributed by atoms with E-state index in [0.29, 0.717) is 12.0 Å². The number of halogens is 1. The van der Waals surface area contributed by atoms with E-state index in [1.54, 1.807) is 0 Å². The first kappa shape index (κ1) is 25.5. The zero-order valence-electron chi connectivity index (χ0n) is 18.0. The Morgan fingerprint density at radius 2 is 2.06 bits per heavy atom. The minimum atomic E-state index is -1.52. The normalized spacial score (nSPS) is 22.6. The number of hydrogen-bond acceptors (Lipinski definition) is 11. The van der Waals surface area contributed by atoms with Gasteiger partial charge in [0.05, 0.1) is 11.5 Å². The molecular weight excluding hydrogens is 538 g/mol. The summed E-state index contributed by atoms with van der Waals surface area (Å²) in [5.41, 5.74) is 0.258. The van der Waals surface area contributed by atoms with Crippen LogP contribution in [0.15, 0.2) is 29.6 Å². The van der Waals surface area contributed by atoms with Gasteiger partial charge in [0.1, 0.15) is 23.7 Å². The Hall–Kier alpha value is -3.56. The molecule has 13 nitrogen and oxygen atoms in total. The number of carbonyl (C=O) groups excluding carboxylic acids is 5. The predicted molar refractivity (Wildman–Crippen MR) is 127 cm³/mol. The van der Waals surface area contributed by atoms with Crippen molar-refractivity contribution in [3.63, 3.8) is 0 Å². The number of aromatic nitrogens is 1. The van der Waals surface area contributed by atoms with Crippen molar-refractivity contribution >= 4 is 75.5 Å². The number of hydrogen-bond donors (Lipinski definition) is 2. The average Bonchev–Trinajstić information content (AvgIpc) is 3.34. The predicted octanol–water partition coefficient (Wildman–Crippen LogP) is 0.923. The van der Waals surface area contributed by atoms with Gasteiger partial charge < -0.3 is 20.3 Å². The standard InChI is InChI=1S/C20H16ClN5O8S2/c21-20(18(31)34-5-10-1-3-11(4-2-10)26(32)33)7-25-16(30)13(17(25)36-8-20)24-15(29)14(28)12-6-35-19(23-12)22-9-27/h1-4,6,9,13,17H,5,7-8H2,(H,24,29)(H,22,23,27)/t13?,17-,20?/m1/s1. The van der Waals surface area contributed by atoms with Crippen molar-refractivity contribution in [1.82, 2.24) is 15.2 Å². The number of nitro benzene ring substituents is 1. The van der Waals surface area contributed by atoms with E-state index in [9.17, 15) is 34.1 Å². The maximum absolute atomic E-state index is 12.6. The van der Waals surface area contributed by atoms with Crippen molar-refractivity contribution < 1.29 is 33.6 Å². The third kappa shape index (κ3) is 5.03. The summed E-state index contributed by atoms with van der Waals surface area (Å²) in [6, 6.07) is 4.50. The molecule has 2 N–H and O–H groups in total. The number of anilines is 1. The van der Waals surface area contributed by atoms with Gasteiger partial charge in [-0.2, -0.15) is 0 Å². The molecule has 16 heteroatoms. The third-order valence-corrected chi connectivity index (χ3v) is 8.21. The number of fused-ring (bicyclic) bond motifs is 1. The molecule has 2 saturated heterocycles. The van der Waals surface area contributed by atoms with Gasteiger partial charge in [0, 0.05) is 23.3 Å². The summed E-state index contributed by atoms with van der Waals surface area (Å²) >= 11 is 8.59. The highest BCUT2D eigenvalue weighted by molar-refractivity contribution is 8.00. The fraction of sp³-hybridized carbons (Fsp3) is 0.300. The zero-order valence-corrected chi connectivity index (χ0v) is 20.4. The van der Waals surface area contributed by atoms with Gasteiger partial charge in [-0.3, -0.25) is 34.1 Å². The van der Waals surface area contributed by atoms with Crippen LogP contribution in [-0.2, 0) is 30.5 Å². The number of non-ortho nitro benzene ring substituents is 1. The molecule has 3 atom stereocenters. The maximum Gasteiger partial charge on any atom is 0.330 e. The number of nitrogens with one attached hydrogen (secondary N) is 2. The molecule has 188 valence electrons. The molecular formula is C20H16ClN5O8S2. The smallest absolute Gasteiger partial charge is 0.330 e. The number of carbonyl (C=O) groups is 5. The van der Waals surface area contributed by atoms with E-state index >= 15 is 0 Å². The van der Waals surface area contributed by atoms with Crippen molar-refractivity contribution in [3.8, 4) is 0 Å². The summed E-state index contributed by atoms with van der Waals surface area (Å²) in [5, 5.41) is 16.3. The lowest BCUT2D eigenvalue weighted by Crippen LogP contribution is -2.74. The van der Waals surface area contributed by atoms with Gasteiger partial charge in [0.15, 0.2) is 10.0 Å². The summed E-state index contributed by atoms with van der Waals surface area (Å²) in [7, 11) is 0. The number of nitrogens with zero attached hydrogens (tertiary/aromatic N) is 3. The molecule has 0 aliphatic carbocycles. The monoisotopic (exact) mass is 553 g/mol. The number of esters is 1.